The van der Waals surface area contributed by atoms with Crippen LogP contribution >= 0.6 is 0 Å². The molecule has 0 radical (unpaired) electrons. The van der Waals surface area contributed by atoms with Crippen molar-refractivity contribution in [3.63, 3.8) is 0 Å². The second-order valence-corrected chi connectivity index (χ2v) is 6.50. The van der Waals surface area contributed by atoms with Gasteiger partial charge in [-0.15, -0.1) is 0 Å². The van der Waals surface area contributed by atoms with Gasteiger partial charge in [-0.25, -0.2) is 4.39 Å². The third kappa shape index (κ3) is 3.62. The predicted molar refractivity (Wildman–Crippen MR) is 73.5 cm³/mol. The predicted octanol–water partition coefficient (Wildman–Crippen LogP) is 2.78. The average molecular weight is 269 g/mol. The lowest BCUT2D eigenvalue weighted by atomic mass is 10.0. The minimum Gasteiger partial charge on any atom is -0.307 e. The van der Waals surface area contributed by atoms with Crippen molar-refractivity contribution in [2.24, 2.45) is 0 Å². The summed E-state index contributed by atoms with van der Waals surface area (Å²) >= 11 is 0. The minimum atomic E-state index is -0.615. The maximum Gasteiger partial charge on any atom is 0.123 e. The van der Waals surface area contributed by atoms with Crippen LogP contribution in [-0.2, 0) is 10.8 Å². The van der Waals surface area contributed by atoms with Gasteiger partial charge < -0.3 is 5.32 Å². The average Bonchev–Trinajstić information content (AvgIpc) is 2.39. The molecule has 0 aliphatic carbocycles. The Labute approximate surface area is 110 Å². The fourth-order valence-corrected chi connectivity index (χ4v) is 3.69. The van der Waals surface area contributed by atoms with E-state index in [2.05, 4.69) is 12.2 Å². The van der Waals surface area contributed by atoms with Crippen LogP contribution in [0.5, 0.6) is 0 Å². The molecule has 1 unspecified atom stereocenters. The Bertz CT molecular complexity index is 397. The molecule has 2 rings (SSSR count). The number of halogens is 1. The number of hydrogen-bond acceptors (Lipinski definition) is 2. The van der Waals surface area contributed by atoms with Crippen LogP contribution in [0, 0.1) is 5.82 Å². The minimum absolute atomic E-state index is 0.193. The van der Waals surface area contributed by atoms with E-state index in [9.17, 15) is 8.60 Å². The zero-order chi connectivity index (χ0) is 13.0. The van der Waals surface area contributed by atoms with E-state index >= 15 is 0 Å². The van der Waals surface area contributed by atoms with Gasteiger partial charge in [0.05, 0.1) is 0 Å². The molecule has 0 spiro atoms. The van der Waals surface area contributed by atoms with Crippen molar-refractivity contribution in [3.05, 3.63) is 35.6 Å². The van der Waals surface area contributed by atoms with Gasteiger partial charge in [0.25, 0.3) is 0 Å². The molecule has 0 amide bonds. The molecule has 4 heteroatoms. The van der Waals surface area contributed by atoms with Crippen LogP contribution in [0.3, 0.4) is 0 Å². The maximum absolute atomic E-state index is 12.9. The Balaban J connectivity index is 1.96. The van der Waals surface area contributed by atoms with E-state index in [1.54, 1.807) is 0 Å². The number of hydrogen-bond donors (Lipinski definition) is 1. The lowest BCUT2D eigenvalue weighted by molar-refractivity contribution is 0.402. The van der Waals surface area contributed by atoms with Gasteiger partial charge in [-0.3, -0.25) is 4.21 Å². The molecule has 2 nitrogen and oxygen atoms in total. The van der Waals surface area contributed by atoms with Gasteiger partial charge in [0, 0.05) is 34.4 Å². The van der Waals surface area contributed by atoms with Crippen LogP contribution in [0.15, 0.2) is 24.3 Å². The molecule has 1 aromatic carbocycles. The molecule has 1 N–H and O–H groups in total. The highest BCUT2D eigenvalue weighted by molar-refractivity contribution is 7.85. The lowest BCUT2D eigenvalue weighted by Crippen LogP contribution is -2.37. The standard InChI is InChI=1S/C14H20FNOS/c1-2-14(11-3-5-12(15)6-4-11)16-13-7-9-18(17)10-8-13/h3-6,13-14,16H,2,7-10H2,1H3. The second kappa shape index (κ2) is 6.43. The quantitative estimate of drug-likeness (QED) is 0.910. The topological polar surface area (TPSA) is 29.1 Å². The molecule has 0 bridgehead atoms. The summed E-state index contributed by atoms with van der Waals surface area (Å²) in [5, 5.41) is 3.61. The smallest absolute Gasteiger partial charge is 0.123 e. The molecule has 1 atom stereocenters. The first kappa shape index (κ1) is 13.7. The first-order chi connectivity index (χ1) is 8.69. The van der Waals surface area contributed by atoms with Gasteiger partial charge in [-0.05, 0) is 37.0 Å². The van der Waals surface area contributed by atoms with E-state index < -0.39 is 10.8 Å². The van der Waals surface area contributed by atoms with Gasteiger partial charge in [-0.1, -0.05) is 19.1 Å². The van der Waals surface area contributed by atoms with E-state index in [-0.39, 0.29) is 11.9 Å². The molecule has 100 valence electrons. The lowest BCUT2D eigenvalue weighted by Gasteiger charge is -2.28. The molecule has 0 aromatic heterocycles. The molecule has 1 saturated heterocycles. The van der Waals surface area contributed by atoms with Crippen LogP contribution < -0.4 is 5.32 Å². The molecule has 1 aliphatic rings. The summed E-state index contributed by atoms with van der Waals surface area (Å²) in [5.74, 6) is 1.41. The van der Waals surface area contributed by atoms with Crippen molar-refractivity contribution in [2.45, 2.75) is 38.3 Å². The molecular formula is C14H20FNOS. The van der Waals surface area contributed by atoms with Gasteiger partial charge in [-0.2, -0.15) is 0 Å². The SMILES string of the molecule is CCC(NC1CCS(=O)CC1)c1ccc(F)cc1. The van der Waals surface area contributed by atoms with Crippen LogP contribution in [0.4, 0.5) is 4.39 Å². The Morgan fingerprint density at radius 2 is 1.94 bits per heavy atom. The highest BCUT2D eigenvalue weighted by Crippen LogP contribution is 2.20. The molecule has 1 heterocycles. The van der Waals surface area contributed by atoms with E-state index in [4.69, 9.17) is 0 Å². The van der Waals surface area contributed by atoms with E-state index in [0.717, 1.165) is 36.3 Å². The maximum atomic E-state index is 12.9. The summed E-state index contributed by atoms with van der Waals surface area (Å²) in [5.41, 5.74) is 1.13. The third-order valence-electron chi connectivity index (χ3n) is 3.51. The Morgan fingerprint density at radius 1 is 1.33 bits per heavy atom. The number of rotatable bonds is 4. The zero-order valence-corrected chi connectivity index (χ0v) is 11.5. The highest BCUT2D eigenvalue weighted by atomic mass is 32.2. The van der Waals surface area contributed by atoms with Crippen molar-refractivity contribution in [2.75, 3.05) is 11.5 Å². The molecule has 1 fully saturated rings. The Kier molecular flexibility index (Phi) is 4.89. The summed E-state index contributed by atoms with van der Waals surface area (Å²) in [7, 11) is -0.615. The van der Waals surface area contributed by atoms with Gasteiger partial charge >= 0.3 is 0 Å². The van der Waals surface area contributed by atoms with Crippen molar-refractivity contribution < 1.29 is 8.60 Å². The molecule has 0 saturated carbocycles. The zero-order valence-electron chi connectivity index (χ0n) is 10.7. The Hall–Kier alpha value is -0.740. The van der Waals surface area contributed by atoms with Crippen molar-refractivity contribution in [1.82, 2.24) is 5.32 Å². The van der Waals surface area contributed by atoms with Gasteiger partial charge in [0.2, 0.25) is 0 Å². The molecular weight excluding hydrogens is 249 g/mol. The first-order valence-electron chi connectivity index (χ1n) is 6.55. The van der Waals surface area contributed by atoms with Crippen molar-refractivity contribution >= 4 is 10.8 Å². The summed E-state index contributed by atoms with van der Waals surface area (Å²) < 4.78 is 24.2. The van der Waals surface area contributed by atoms with E-state index in [1.165, 1.54) is 12.1 Å². The molecule has 1 aromatic rings. The Morgan fingerprint density at radius 3 is 2.50 bits per heavy atom. The van der Waals surface area contributed by atoms with E-state index in [1.807, 2.05) is 12.1 Å². The van der Waals surface area contributed by atoms with E-state index in [0.29, 0.717) is 6.04 Å². The van der Waals surface area contributed by atoms with Gasteiger partial charge in [0.15, 0.2) is 0 Å². The molecule has 18 heavy (non-hydrogen) atoms. The van der Waals surface area contributed by atoms with Crippen LogP contribution in [-0.4, -0.2) is 21.8 Å². The third-order valence-corrected chi connectivity index (χ3v) is 4.89. The van der Waals surface area contributed by atoms with Gasteiger partial charge in [0.1, 0.15) is 5.82 Å². The summed E-state index contributed by atoms with van der Waals surface area (Å²) in [4.78, 5) is 0. The normalized spacial score (nSPS) is 25.9. The monoisotopic (exact) mass is 269 g/mol. The van der Waals surface area contributed by atoms with Crippen molar-refractivity contribution in [1.29, 1.82) is 0 Å². The highest BCUT2D eigenvalue weighted by Gasteiger charge is 2.20. The van der Waals surface area contributed by atoms with Crippen LogP contribution in [0.2, 0.25) is 0 Å². The van der Waals surface area contributed by atoms with Crippen LogP contribution in [0.25, 0.3) is 0 Å². The first-order valence-corrected chi connectivity index (χ1v) is 8.04. The van der Waals surface area contributed by atoms with Crippen LogP contribution in [0.1, 0.15) is 37.8 Å². The number of benzene rings is 1. The molecule has 1 aliphatic heterocycles. The summed E-state index contributed by atoms with van der Waals surface area (Å²) in [6.45, 7) is 2.13. The summed E-state index contributed by atoms with van der Waals surface area (Å²) in [6.07, 6.45) is 2.93. The summed E-state index contributed by atoms with van der Waals surface area (Å²) in [6, 6.07) is 7.42. The number of nitrogens with one attached hydrogen (secondary N) is 1. The largest absolute Gasteiger partial charge is 0.307 e. The second-order valence-electron chi connectivity index (χ2n) is 4.80. The van der Waals surface area contributed by atoms with Crippen molar-refractivity contribution in [3.8, 4) is 0 Å². The fraction of sp³-hybridized carbons (Fsp3) is 0.571. The fourth-order valence-electron chi connectivity index (χ4n) is 2.39.